The number of H-pyrrole nitrogens is 1. The molecule has 1 saturated heterocycles. The zero-order valence-electron chi connectivity index (χ0n) is 11.5. The Kier molecular flexibility index (Phi) is 3.70. The quantitative estimate of drug-likeness (QED) is 0.894. The summed E-state index contributed by atoms with van der Waals surface area (Å²) in [5.41, 5.74) is 7.16. The maximum Gasteiger partial charge on any atom is 0.234 e. The number of nitrogens with one attached hydrogen (secondary N) is 1. The first-order valence-corrected chi connectivity index (χ1v) is 6.90. The van der Waals surface area contributed by atoms with Crippen molar-refractivity contribution >= 4 is 5.91 Å². The van der Waals surface area contributed by atoms with E-state index in [0.717, 1.165) is 17.1 Å². The second-order valence-corrected chi connectivity index (χ2v) is 5.30. The number of nitrogens with zero attached hydrogens (tertiary/aromatic N) is 2. The molecule has 1 aliphatic rings. The van der Waals surface area contributed by atoms with E-state index in [9.17, 15) is 9.18 Å². The highest BCUT2D eigenvalue weighted by molar-refractivity contribution is 5.80. The smallest absolute Gasteiger partial charge is 0.234 e. The molecule has 2 aromatic rings. The largest absolute Gasteiger partial charge is 0.368 e. The van der Waals surface area contributed by atoms with Gasteiger partial charge in [0.25, 0.3) is 0 Å². The van der Waals surface area contributed by atoms with Gasteiger partial charge in [-0.15, -0.1) is 0 Å². The van der Waals surface area contributed by atoms with Gasteiger partial charge in [0.05, 0.1) is 6.04 Å². The Morgan fingerprint density at radius 3 is 2.90 bits per heavy atom. The molecule has 6 heteroatoms. The van der Waals surface area contributed by atoms with Crippen LogP contribution in [0.15, 0.2) is 36.5 Å². The highest BCUT2D eigenvalue weighted by atomic mass is 19.1. The van der Waals surface area contributed by atoms with Crippen molar-refractivity contribution in [1.82, 2.24) is 14.9 Å². The lowest BCUT2D eigenvalue weighted by Gasteiger charge is -2.20. The number of primary amides is 1. The van der Waals surface area contributed by atoms with Crippen LogP contribution in [0.4, 0.5) is 4.39 Å². The molecule has 110 valence electrons. The summed E-state index contributed by atoms with van der Waals surface area (Å²) in [6.07, 6.45) is 0.889. The maximum absolute atomic E-state index is 13.5. The van der Waals surface area contributed by atoms with Crippen LogP contribution < -0.4 is 5.73 Å². The van der Waals surface area contributed by atoms with Gasteiger partial charge >= 0.3 is 0 Å². The minimum absolute atomic E-state index is 0.176. The van der Waals surface area contributed by atoms with Gasteiger partial charge in [0.1, 0.15) is 12.0 Å². The van der Waals surface area contributed by atoms with Crippen LogP contribution >= 0.6 is 0 Å². The Labute approximate surface area is 122 Å². The summed E-state index contributed by atoms with van der Waals surface area (Å²) in [6.45, 7) is 0.668. The standard InChI is InChI=1S/C15H17FN4O/c16-11-6-13(14(17)21)20(8-11)9-12-7-18-15(19-12)10-4-2-1-3-5-10/h1-5,7,11,13H,6,8-9H2,(H2,17,21)(H,18,19)/t11-,13+/m1/s1. The lowest BCUT2D eigenvalue weighted by Crippen LogP contribution is -2.39. The summed E-state index contributed by atoms with van der Waals surface area (Å²) in [6, 6.07) is 9.20. The molecular weight excluding hydrogens is 271 g/mol. The molecule has 1 aromatic heterocycles. The number of imidazole rings is 1. The van der Waals surface area contributed by atoms with E-state index < -0.39 is 18.1 Å². The third kappa shape index (κ3) is 2.95. The number of rotatable bonds is 4. The van der Waals surface area contributed by atoms with Gasteiger partial charge in [0.15, 0.2) is 0 Å². The molecule has 21 heavy (non-hydrogen) atoms. The van der Waals surface area contributed by atoms with Crippen LogP contribution in [0.25, 0.3) is 11.4 Å². The van der Waals surface area contributed by atoms with Gasteiger partial charge in [0, 0.05) is 37.0 Å². The number of carbonyl (C=O) groups is 1. The monoisotopic (exact) mass is 288 g/mol. The lowest BCUT2D eigenvalue weighted by molar-refractivity contribution is -0.122. The minimum atomic E-state index is -1.00. The molecular formula is C15H17FN4O. The number of amides is 1. The van der Waals surface area contributed by atoms with Crippen molar-refractivity contribution in [3.05, 3.63) is 42.2 Å². The van der Waals surface area contributed by atoms with Crippen LogP contribution in [-0.2, 0) is 11.3 Å². The van der Waals surface area contributed by atoms with Crippen LogP contribution in [0.3, 0.4) is 0 Å². The SMILES string of the molecule is NC(=O)[C@@H]1C[C@@H](F)CN1Cc1cnc(-c2ccccc2)[nH]1. The Hall–Kier alpha value is -2.21. The van der Waals surface area contributed by atoms with E-state index in [-0.39, 0.29) is 13.0 Å². The third-order valence-corrected chi connectivity index (χ3v) is 3.73. The van der Waals surface area contributed by atoms with Gasteiger partial charge in [-0.1, -0.05) is 30.3 Å². The molecule has 1 aliphatic heterocycles. The van der Waals surface area contributed by atoms with E-state index in [1.807, 2.05) is 30.3 Å². The number of halogens is 1. The molecule has 0 radical (unpaired) electrons. The van der Waals surface area contributed by atoms with Crippen LogP contribution in [0.2, 0.25) is 0 Å². The molecule has 3 N–H and O–H groups in total. The van der Waals surface area contributed by atoms with Crippen LogP contribution in [0.1, 0.15) is 12.1 Å². The topological polar surface area (TPSA) is 75.0 Å². The van der Waals surface area contributed by atoms with E-state index in [1.165, 1.54) is 0 Å². The van der Waals surface area contributed by atoms with Gasteiger partial charge in [-0.25, -0.2) is 9.37 Å². The minimum Gasteiger partial charge on any atom is -0.368 e. The summed E-state index contributed by atoms with van der Waals surface area (Å²) in [5, 5.41) is 0. The summed E-state index contributed by atoms with van der Waals surface area (Å²) in [5.74, 6) is 0.287. The Balaban J connectivity index is 1.74. The molecule has 0 saturated carbocycles. The van der Waals surface area contributed by atoms with Crippen molar-refractivity contribution in [2.75, 3.05) is 6.54 Å². The zero-order valence-corrected chi connectivity index (χ0v) is 11.5. The number of aromatic amines is 1. The second-order valence-electron chi connectivity index (χ2n) is 5.30. The van der Waals surface area contributed by atoms with Crippen molar-refractivity contribution in [1.29, 1.82) is 0 Å². The molecule has 2 heterocycles. The molecule has 0 aliphatic carbocycles. The van der Waals surface area contributed by atoms with E-state index >= 15 is 0 Å². The fourth-order valence-corrected chi connectivity index (χ4v) is 2.72. The van der Waals surface area contributed by atoms with Crippen molar-refractivity contribution in [3.63, 3.8) is 0 Å². The Bertz CT molecular complexity index is 628. The molecule has 1 fully saturated rings. The zero-order chi connectivity index (χ0) is 14.8. The number of alkyl halides is 1. The first kappa shape index (κ1) is 13.8. The molecule has 2 atom stereocenters. The third-order valence-electron chi connectivity index (χ3n) is 3.73. The van der Waals surface area contributed by atoms with Gasteiger partial charge < -0.3 is 10.7 Å². The number of hydrogen-bond acceptors (Lipinski definition) is 3. The molecule has 5 nitrogen and oxygen atoms in total. The molecule has 3 rings (SSSR count). The molecule has 0 spiro atoms. The van der Waals surface area contributed by atoms with Crippen molar-refractivity contribution in [3.8, 4) is 11.4 Å². The summed E-state index contributed by atoms with van der Waals surface area (Å²) in [4.78, 5) is 20.7. The van der Waals surface area contributed by atoms with Gasteiger partial charge in [-0.2, -0.15) is 0 Å². The van der Waals surface area contributed by atoms with E-state index in [2.05, 4.69) is 9.97 Å². The average Bonchev–Trinajstić information content (AvgIpc) is 3.07. The normalized spacial score (nSPS) is 22.5. The average molecular weight is 288 g/mol. The first-order chi connectivity index (χ1) is 10.1. The first-order valence-electron chi connectivity index (χ1n) is 6.90. The second kappa shape index (κ2) is 5.65. The predicted octanol–water partition coefficient (Wildman–Crippen LogP) is 1.47. The fraction of sp³-hybridized carbons (Fsp3) is 0.333. The lowest BCUT2D eigenvalue weighted by atomic mass is 10.2. The van der Waals surface area contributed by atoms with E-state index in [0.29, 0.717) is 6.54 Å². The maximum atomic E-state index is 13.5. The summed E-state index contributed by atoms with van der Waals surface area (Å²) < 4.78 is 13.5. The predicted molar refractivity (Wildman–Crippen MR) is 76.9 cm³/mol. The Morgan fingerprint density at radius 1 is 1.43 bits per heavy atom. The highest BCUT2D eigenvalue weighted by Crippen LogP contribution is 2.23. The number of benzene rings is 1. The van der Waals surface area contributed by atoms with Crippen molar-refractivity contribution < 1.29 is 9.18 Å². The van der Waals surface area contributed by atoms with Crippen molar-refractivity contribution in [2.24, 2.45) is 5.73 Å². The van der Waals surface area contributed by atoms with Crippen molar-refractivity contribution in [2.45, 2.75) is 25.2 Å². The van der Waals surface area contributed by atoms with Gasteiger partial charge in [-0.3, -0.25) is 9.69 Å². The van der Waals surface area contributed by atoms with Crippen LogP contribution in [0, 0.1) is 0 Å². The number of hydrogen-bond donors (Lipinski definition) is 2. The van der Waals surface area contributed by atoms with Gasteiger partial charge in [0.2, 0.25) is 5.91 Å². The van der Waals surface area contributed by atoms with Gasteiger partial charge in [-0.05, 0) is 0 Å². The number of nitrogens with two attached hydrogens (primary N) is 1. The highest BCUT2D eigenvalue weighted by Gasteiger charge is 2.35. The molecule has 0 bridgehead atoms. The number of likely N-dealkylation sites (tertiary alicyclic amines) is 1. The summed E-state index contributed by atoms with van der Waals surface area (Å²) >= 11 is 0. The van der Waals surface area contributed by atoms with E-state index in [1.54, 1.807) is 11.1 Å². The molecule has 1 aromatic carbocycles. The molecule has 0 unspecified atom stereocenters. The number of carbonyl (C=O) groups excluding carboxylic acids is 1. The van der Waals surface area contributed by atoms with Crippen LogP contribution in [-0.4, -0.2) is 39.5 Å². The summed E-state index contributed by atoms with van der Waals surface area (Å²) in [7, 11) is 0. The number of aromatic nitrogens is 2. The fourth-order valence-electron chi connectivity index (χ4n) is 2.72. The Morgan fingerprint density at radius 2 is 2.19 bits per heavy atom. The van der Waals surface area contributed by atoms with Crippen LogP contribution in [0.5, 0.6) is 0 Å². The molecule has 1 amide bonds. The van der Waals surface area contributed by atoms with E-state index in [4.69, 9.17) is 5.73 Å².